The van der Waals surface area contributed by atoms with Gasteiger partial charge < -0.3 is 19.9 Å². The molecule has 0 aliphatic rings. The van der Waals surface area contributed by atoms with Crippen LogP contribution in [0.15, 0.2) is 47.0 Å². The molecule has 0 aromatic carbocycles. The van der Waals surface area contributed by atoms with Crippen molar-refractivity contribution in [2.75, 3.05) is 13.2 Å². The maximum absolute atomic E-state index is 8.81. The topological polar surface area (TPSA) is 91.4 Å². The molecule has 0 amide bonds. The van der Waals surface area contributed by atoms with E-state index in [0.29, 0.717) is 13.2 Å². The normalized spacial score (nSPS) is 11.5. The number of aromatic nitrogens is 2. The van der Waals surface area contributed by atoms with Gasteiger partial charge in [0, 0.05) is 12.1 Å². The van der Waals surface area contributed by atoms with Crippen LogP contribution in [-0.4, -0.2) is 36.1 Å². The van der Waals surface area contributed by atoms with Crippen LogP contribution in [0.3, 0.4) is 0 Å². The van der Waals surface area contributed by atoms with Crippen LogP contribution in [0.4, 0.5) is 0 Å². The van der Waals surface area contributed by atoms with Gasteiger partial charge in [-0.25, -0.2) is 0 Å². The fourth-order valence-corrected chi connectivity index (χ4v) is 3.84. The number of nitrogens with zero attached hydrogens (tertiary/aromatic N) is 4. The summed E-state index contributed by atoms with van der Waals surface area (Å²) >= 11 is 0. The van der Waals surface area contributed by atoms with E-state index in [4.69, 9.17) is 19.9 Å². The molecular formula is C26H40N4O4+2. The highest BCUT2D eigenvalue weighted by Gasteiger charge is 2.13. The van der Waals surface area contributed by atoms with Crippen LogP contribution in [0.2, 0.25) is 0 Å². The Balaban J connectivity index is 1.44. The third-order valence-electron chi connectivity index (χ3n) is 5.79. The van der Waals surface area contributed by atoms with E-state index in [0.717, 1.165) is 35.7 Å². The Hall–Kier alpha value is -3.16. The van der Waals surface area contributed by atoms with Gasteiger partial charge in [0.05, 0.1) is 13.2 Å². The summed E-state index contributed by atoms with van der Waals surface area (Å²) in [6, 6.07) is 7.64. The fraction of sp³-hybridized carbons (Fsp3) is 0.538. The lowest BCUT2D eigenvalue weighted by Crippen LogP contribution is -2.33. The van der Waals surface area contributed by atoms with Gasteiger partial charge in [-0.3, -0.25) is 0 Å². The van der Waals surface area contributed by atoms with E-state index in [1.54, 1.807) is 0 Å². The van der Waals surface area contributed by atoms with Gasteiger partial charge in [0.15, 0.2) is 23.9 Å². The van der Waals surface area contributed by atoms with E-state index >= 15 is 0 Å². The maximum Gasteiger partial charge on any atom is 0.269 e. The number of hydrogen-bond donors (Lipinski definition) is 2. The Labute approximate surface area is 203 Å². The molecule has 8 nitrogen and oxygen atoms in total. The van der Waals surface area contributed by atoms with E-state index in [2.05, 4.69) is 10.3 Å². The molecule has 186 valence electrons. The molecule has 2 aromatic heterocycles. The zero-order valence-corrected chi connectivity index (χ0v) is 20.6. The molecule has 0 atom stereocenters. The molecule has 2 heterocycles. The van der Waals surface area contributed by atoms with Crippen LogP contribution in [0.25, 0.3) is 0 Å². The molecule has 34 heavy (non-hydrogen) atoms. The molecule has 2 aromatic rings. The predicted octanol–water partition coefficient (Wildman–Crippen LogP) is 4.31. The minimum atomic E-state index is 0.674. The van der Waals surface area contributed by atoms with Crippen molar-refractivity contribution >= 4 is 12.4 Å². The van der Waals surface area contributed by atoms with Crippen molar-refractivity contribution < 1.29 is 29.0 Å². The molecule has 0 fully saturated rings. The Morgan fingerprint density at radius 2 is 1.00 bits per heavy atom. The number of aryl methyl sites for hydroxylation is 2. The van der Waals surface area contributed by atoms with Gasteiger partial charge >= 0.3 is 0 Å². The molecule has 0 saturated carbocycles. The number of unbranched alkanes of at least 4 members (excludes halogenated alkanes) is 9. The smallest absolute Gasteiger partial charge is 0.269 e. The van der Waals surface area contributed by atoms with Crippen LogP contribution < -0.4 is 18.6 Å². The standard InChI is InChI=1S/C26H38N4O4/c1-29-17-13-15-25(23(29)21-27-31)33-19-11-9-7-5-3-4-6-8-10-12-20-34-26-16-14-18-30(2)24(26)22-28-32/h13-18,21-22H,3-12,19-20H2,1-2H3/p+2. The van der Waals surface area contributed by atoms with Crippen molar-refractivity contribution in [2.24, 2.45) is 24.4 Å². The third kappa shape index (κ3) is 9.77. The van der Waals surface area contributed by atoms with Crippen LogP contribution in [0.1, 0.15) is 75.6 Å². The minimum Gasteiger partial charge on any atom is -0.487 e. The second kappa shape index (κ2) is 16.5. The third-order valence-corrected chi connectivity index (χ3v) is 5.79. The Bertz CT molecular complexity index is 829. The lowest BCUT2D eigenvalue weighted by molar-refractivity contribution is -0.672. The van der Waals surface area contributed by atoms with Crippen molar-refractivity contribution in [3.05, 3.63) is 48.0 Å². The monoisotopic (exact) mass is 472 g/mol. The zero-order chi connectivity index (χ0) is 24.4. The van der Waals surface area contributed by atoms with Crippen molar-refractivity contribution in [1.29, 1.82) is 0 Å². The lowest BCUT2D eigenvalue weighted by Gasteiger charge is -2.07. The molecule has 0 unspecified atom stereocenters. The summed E-state index contributed by atoms with van der Waals surface area (Å²) < 4.78 is 15.5. The summed E-state index contributed by atoms with van der Waals surface area (Å²) in [5, 5.41) is 23.9. The molecule has 8 heteroatoms. The summed E-state index contributed by atoms with van der Waals surface area (Å²) in [5.74, 6) is 1.48. The van der Waals surface area contributed by atoms with E-state index in [-0.39, 0.29) is 0 Å². The molecule has 0 aliphatic heterocycles. The van der Waals surface area contributed by atoms with Gasteiger partial charge in [0.25, 0.3) is 11.4 Å². The number of oxime groups is 2. The summed E-state index contributed by atoms with van der Waals surface area (Å²) in [5.41, 5.74) is 1.51. The van der Waals surface area contributed by atoms with Gasteiger partial charge in [0.2, 0.25) is 0 Å². The van der Waals surface area contributed by atoms with E-state index in [1.807, 2.05) is 59.9 Å². The van der Waals surface area contributed by atoms with Gasteiger partial charge in [-0.2, -0.15) is 9.13 Å². The summed E-state index contributed by atoms with van der Waals surface area (Å²) in [6.45, 7) is 1.35. The van der Waals surface area contributed by atoms with Crippen LogP contribution >= 0.6 is 0 Å². The van der Waals surface area contributed by atoms with Gasteiger partial charge in [-0.15, -0.1) is 0 Å². The number of hydrogen-bond acceptors (Lipinski definition) is 6. The van der Waals surface area contributed by atoms with Crippen LogP contribution in [0.5, 0.6) is 11.5 Å². The van der Waals surface area contributed by atoms with Crippen LogP contribution in [0, 0.1) is 0 Å². The summed E-state index contributed by atoms with van der Waals surface area (Å²) in [4.78, 5) is 0. The predicted molar refractivity (Wildman–Crippen MR) is 131 cm³/mol. The van der Waals surface area contributed by atoms with E-state index < -0.39 is 0 Å². The fourth-order valence-electron chi connectivity index (χ4n) is 3.84. The lowest BCUT2D eigenvalue weighted by atomic mass is 10.1. The van der Waals surface area contributed by atoms with Gasteiger partial charge in [0.1, 0.15) is 26.5 Å². The van der Waals surface area contributed by atoms with Crippen LogP contribution in [-0.2, 0) is 14.1 Å². The van der Waals surface area contributed by atoms with Gasteiger partial charge in [-0.1, -0.05) is 61.7 Å². The molecular weight excluding hydrogens is 432 g/mol. The zero-order valence-electron chi connectivity index (χ0n) is 20.6. The number of rotatable bonds is 17. The highest BCUT2D eigenvalue weighted by molar-refractivity contribution is 5.78. The van der Waals surface area contributed by atoms with E-state index in [9.17, 15) is 0 Å². The average molecular weight is 473 g/mol. The summed E-state index contributed by atoms with van der Waals surface area (Å²) in [7, 11) is 3.79. The average Bonchev–Trinajstić information content (AvgIpc) is 2.83. The molecule has 0 aliphatic carbocycles. The highest BCUT2D eigenvalue weighted by atomic mass is 16.5. The largest absolute Gasteiger partial charge is 0.487 e. The second-order valence-electron chi connectivity index (χ2n) is 8.46. The first kappa shape index (κ1) is 27.1. The number of pyridine rings is 2. The molecule has 0 bridgehead atoms. The molecule has 0 saturated heterocycles. The Morgan fingerprint density at radius 1 is 0.647 bits per heavy atom. The van der Waals surface area contributed by atoms with Gasteiger partial charge in [-0.05, 0) is 25.0 Å². The van der Waals surface area contributed by atoms with Crippen molar-refractivity contribution in [2.45, 2.75) is 64.2 Å². The maximum atomic E-state index is 8.81. The van der Waals surface area contributed by atoms with E-state index in [1.165, 1.54) is 63.8 Å². The molecule has 2 rings (SSSR count). The first-order valence-electron chi connectivity index (χ1n) is 12.2. The molecule has 0 spiro atoms. The molecule has 2 N–H and O–H groups in total. The first-order valence-corrected chi connectivity index (χ1v) is 12.2. The first-order chi connectivity index (χ1) is 16.7. The minimum absolute atomic E-state index is 0.674. The molecule has 0 radical (unpaired) electrons. The SMILES string of the molecule is C[n+]1cccc(OCCCCCCCCCCCCOc2ccc[n+](C)c2/C=N/O)c1/C=N/O. The highest BCUT2D eigenvalue weighted by Crippen LogP contribution is 2.15. The Kier molecular flexibility index (Phi) is 13.1. The van der Waals surface area contributed by atoms with Crippen molar-refractivity contribution in [3.63, 3.8) is 0 Å². The van der Waals surface area contributed by atoms with Crippen molar-refractivity contribution in [1.82, 2.24) is 0 Å². The summed E-state index contributed by atoms with van der Waals surface area (Å²) in [6.07, 6.45) is 18.6. The quantitative estimate of drug-likeness (QED) is 0.118. The Morgan fingerprint density at radius 3 is 1.35 bits per heavy atom. The number of ether oxygens (including phenoxy) is 2. The van der Waals surface area contributed by atoms with Crippen molar-refractivity contribution in [3.8, 4) is 11.5 Å². The second-order valence-corrected chi connectivity index (χ2v) is 8.46.